The second kappa shape index (κ2) is 7.24. The van der Waals surface area contributed by atoms with Gasteiger partial charge in [-0.3, -0.25) is 9.69 Å². The van der Waals surface area contributed by atoms with Crippen molar-refractivity contribution in [2.45, 2.75) is 13.1 Å². The first-order valence-electron chi connectivity index (χ1n) is 7.87. The number of hydrogen-bond donors (Lipinski definition) is 0. The Morgan fingerprint density at radius 2 is 1.96 bits per heavy atom. The normalized spacial score (nSPS) is 11.0. The van der Waals surface area contributed by atoms with Crippen LogP contribution in [0.1, 0.15) is 11.3 Å². The molecule has 0 aliphatic carbocycles. The lowest BCUT2D eigenvalue weighted by atomic mass is 10.2. The quantitative estimate of drug-likeness (QED) is 0.672. The SMILES string of the molecule is Cn1c(=O)c(CN(CC#N)Cc2ccccc2)nc2cc(F)ccc21. The summed E-state index contributed by atoms with van der Waals surface area (Å²) >= 11 is 0. The maximum atomic E-state index is 13.5. The molecule has 1 aromatic heterocycles. The van der Waals surface area contributed by atoms with Crippen LogP contribution in [0.4, 0.5) is 4.39 Å². The maximum Gasteiger partial charge on any atom is 0.273 e. The summed E-state index contributed by atoms with van der Waals surface area (Å²) in [5.74, 6) is -0.400. The molecular formula is C19H17FN4O. The Kier molecular flexibility index (Phi) is 4.87. The number of rotatable bonds is 5. The number of halogens is 1. The zero-order valence-corrected chi connectivity index (χ0v) is 13.8. The van der Waals surface area contributed by atoms with Crippen molar-refractivity contribution in [3.05, 3.63) is 76.0 Å². The van der Waals surface area contributed by atoms with E-state index in [4.69, 9.17) is 5.26 Å². The summed E-state index contributed by atoms with van der Waals surface area (Å²) in [6.45, 7) is 0.920. The molecule has 0 unspecified atom stereocenters. The Hall–Kier alpha value is -3.04. The van der Waals surface area contributed by atoms with Gasteiger partial charge in [0.1, 0.15) is 11.5 Å². The van der Waals surface area contributed by atoms with Crippen molar-refractivity contribution in [3.63, 3.8) is 0 Å². The van der Waals surface area contributed by atoms with Gasteiger partial charge in [0, 0.05) is 26.2 Å². The van der Waals surface area contributed by atoms with Crippen molar-refractivity contribution in [2.75, 3.05) is 6.54 Å². The van der Waals surface area contributed by atoms with E-state index in [2.05, 4.69) is 11.1 Å². The average Bonchev–Trinajstić information content (AvgIpc) is 2.60. The first-order valence-corrected chi connectivity index (χ1v) is 7.87. The standard InChI is InChI=1S/C19H17FN4O/c1-23-18-8-7-15(20)11-16(18)22-17(19(23)25)13-24(10-9-21)12-14-5-3-2-4-6-14/h2-8,11H,10,12-13H2,1H3. The number of nitrogens with zero attached hydrogens (tertiary/aromatic N) is 4. The molecule has 2 aromatic carbocycles. The summed E-state index contributed by atoms with van der Waals surface area (Å²) in [5, 5.41) is 9.08. The van der Waals surface area contributed by atoms with E-state index in [1.54, 1.807) is 13.1 Å². The fraction of sp³-hybridized carbons (Fsp3) is 0.211. The van der Waals surface area contributed by atoms with E-state index in [1.807, 2.05) is 35.2 Å². The minimum absolute atomic E-state index is 0.168. The van der Waals surface area contributed by atoms with Crippen LogP contribution in [-0.4, -0.2) is 21.0 Å². The van der Waals surface area contributed by atoms with Crippen LogP contribution in [0.15, 0.2) is 53.3 Å². The lowest BCUT2D eigenvalue weighted by molar-refractivity contribution is 0.284. The minimum Gasteiger partial charge on any atom is -0.308 e. The van der Waals surface area contributed by atoms with E-state index in [-0.39, 0.29) is 18.6 Å². The van der Waals surface area contributed by atoms with Gasteiger partial charge in [0.2, 0.25) is 0 Å². The number of benzene rings is 2. The van der Waals surface area contributed by atoms with Crippen LogP contribution < -0.4 is 5.56 Å². The Labute approximate surface area is 144 Å². The van der Waals surface area contributed by atoms with Gasteiger partial charge >= 0.3 is 0 Å². The molecule has 0 N–H and O–H groups in total. The fourth-order valence-electron chi connectivity index (χ4n) is 2.79. The minimum atomic E-state index is -0.400. The number of nitriles is 1. The molecule has 0 atom stereocenters. The lowest BCUT2D eigenvalue weighted by Crippen LogP contribution is -2.31. The Bertz CT molecular complexity index is 992. The summed E-state index contributed by atoms with van der Waals surface area (Å²) in [6, 6.07) is 16.0. The van der Waals surface area contributed by atoms with Gasteiger partial charge in [-0.05, 0) is 17.7 Å². The molecule has 0 aliphatic rings. The van der Waals surface area contributed by atoms with E-state index in [0.717, 1.165) is 5.56 Å². The average molecular weight is 336 g/mol. The Balaban J connectivity index is 1.95. The van der Waals surface area contributed by atoms with E-state index in [9.17, 15) is 9.18 Å². The van der Waals surface area contributed by atoms with E-state index in [0.29, 0.717) is 23.3 Å². The first kappa shape index (κ1) is 16.8. The summed E-state index contributed by atoms with van der Waals surface area (Å²) in [7, 11) is 1.64. The predicted molar refractivity (Wildman–Crippen MR) is 93.1 cm³/mol. The highest BCUT2D eigenvalue weighted by Gasteiger charge is 2.14. The van der Waals surface area contributed by atoms with Gasteiger partial charge in [-0.25, -0.2) is 9.37 Å². The molecule has 1 heterocycles. The van der Waals surface area contributed by atoms with E-state index in [1.165, 1.54) is 16.7 Å². The smallest absolute Gasteiger partial charge is 0.273 e. The third-order valence-corrected chi connectivity index (χ3v) is 4.02. The summed E-state index contributed by atoms with van der Waals surface area (Å²) in [6.07, 6.45) is 0. The molecule has 126 valence electrons. The van der Waals surface area contributed by atoms with Gasteiger partial charge in [-0.15, -0.1) is 0 Å². The number of aryl methyl sites for hydroxylation is 1. The van der Waals surface area contributed by atoms with Crippen molar-refractivity contribution in [2.24, 2.45) is 7.05 Å². The van der Waals surface area contributed by atoms with Gasteiger partial charge in [0.15, 0.2) is 0 Å². The third-order valence-electron chi connectivity index (χ3n) is 4.02. The van der Waals surface area contributed by atoms with E-state index < -0.39 is 5.82 Å². The van der Waals surface area contributed by atoms with Crippen LogP contribution in [0.5, 0.6) is 0 Å². The molecule has 0 radical (unpaired) electrons. The molecule has 0 aliphatic heterocycles. The molecule has 6 heteroatoms. The largest absolute Gasteiger partial charge is 0.308 e. The van der Waals surface area contributed by atoms with Crippen LogP contribution in [0.3, 0.4) is 0 Å². The van der Waals surface area contributed by atoms with Crippen molar-refractivity contribution < 1.29 is 4.39 Å². The van der Waals surface area contributed by atoms with Crippen molar-refractivity contribution >= 4 is 11.0 Å². The molecule has 0 spiro atoms. The van der Waals surface area contributed by atoms with Gasteiger partial charge < -0.3 is 4.57 Å². The predicted octanol–water partition coefficient (Wildman–Crippen LogP) is 2.60. The monoisotopic (exact) mass is 336 g/mol. The van der Waals surface area contributed by atoms with Crippen LogP contribution >= 0.6 is 0 Å². The van der Waals surface area contributed by atoms with Crippen LogP contribution in [0.2, 0.25) is 0 Å². The molecule has 3 aromatic rings. The highest BCUT2D eigenvalue weighted by Crippen LogP contribution is 2.13. The van der Waals surface area contributed by atoms with Gasteiger partial charge in [-0.1, -0.05) is 30.3 Å². The Morgan fingerprint density at radius 1 is 1.20 bits per heavy atom. The van der Waals surface area contributed by atoms with Crippen molar-refractivity contribution in [1.82, 2.24) is 14.5 Å². The highest BCUT2D eigenvalue weighted by atomic mass is 19.1. The molecule has 0 fully saturated rings. The second-order valence-corrected chi connectivity index (χ2v) is 5.84. The van der Waals surface area contributed by atoms with Crippen molar-refractivity contribution in [3.8, 4) is 6.07 Å². The van der Waals surface area contributed by atoms with Gasteiger partial charge in [0.25, 0.3) is 5.56 Å². The van der Waals surface area contributed by atoms with Crippen molar-refractivity contribution in [1.29, 1.82) is 5.26 Å². The molecule has 0 amide bonds. The molecular weight excluding hydrogens is 319 g/mol. The van der Waals surface area contributed by atoms with Gasteiger partial charge in [0.05, 0.1) is 23.6 Å². The summed E-state index contributed by atoms with van der Waals surface area (Å²) in [5.41, 5.74) is 2.10. The molecule has 0 saturated carbocycles. The Morgan fingerprint density at radius 3 is 2.68 bits per heavy atom. The topological polar surface area (TPSA) is 61.9 Å². The zero-order chi connectivity index (χ0) is 17.8. The molecule has 3 rings (SSSR count). The highest BCUT2D eigenvalue weighted by molar-refractivity contribution is 5.74. The zero-order valence-electron chi connectivity index (χ0n) is 13.8. The fourth-order valence-corrected chi connectivity index (χ4v) is 2.79. The first-order chi connectivity index (χ1) is 12.1. The number of hydrogen-bond acceptors (Lipinski definition) is 4. The second-order valence-electron chi connectivity index (χ2n) is 5.84. The molecule has 25 heavy (non-hydrogen) atoms. The maximum absolute atomic E-state index is 13.5. The van der Waals surface area contributed by atoms with Gasteiger partial charge in [-0.2, -0.15) is 5.26 Å². The van der Waals surface area contributed by atoms with Crippen LogP contribution in [0, 0.1) is 17.1 Å². The molecule has 0 bridgehead atoms. The number of fused-ring (bicyclic) bond motifs is 1. The van der Waals surface area contributed by atoms with Crippen LogP contribution in [-0.2, 0) is 20.1 Å². The lowest BCUT2D eigenvalue weighted by Gasteiger charge is -2.19. The third kappa shape index (κ3) is 3.73. The molecule has 0 saturated heterocycles. The summed E-state index contributed by atoms with van der Waals surface area (Å²) in [4.78, 5) is 18.7. The molecule has 5 nitrogen and oxygen atoms in total. The van der Waals surface area contributed by atoms with Crippen LogP contribution in [0.25, 0.3) is 11.0 Å². The number of aromatic nitrogens is 2. The van der Waals surface area contributed by atoms with E-state index >= 15 is 0 Å². The summed E-state index contributed by atoms with van der Waals surface area (Å²) < 4.78 is 15.0.